The maximum Gasteiger partial charge on any atom is 0.0451 e. The molecule has 1 aliphatic carbocycles. The standard InChI is InChI=1S/C34H37N/c1-22-17-18-26(25-14-10-9-11-15-25)20-30(22)35(33(4,5)6)31-21-29-27(19-24(31)3)32-23(2)13-12-16-28(32)34(29,7)8/h9-21H,1-8H3. The first-order valence-electron chi connectivity index (χ1n) is 12.7. The van der Waals surface area contributed by atoms with Gasteiger partial charge >= 0.3 is 0 Å². The van der Waals surface area contributed by atoms with Gasteiger partial charge in [0.05, 0.1) is 0 Å². The highest BCUT2D eigenvalue weighted by Gasteiger charge is 2.38. The number of rotatable bonds is 3. The first-order valence-corrected chi connectivity index (χ1v) is 12.7. The lowest BCUT2D eigenvalue weighted by Gasteiger charge is -2.40. The van der Waals surface area contributed by atoms with Crippen molar-refractivity contribution < 1.29 is 0 Å². The van der Waals surface area contributed by atoms with Gasteiger partial charge in [-0.2, -0.15) is 0 Å². The molecular formula is C34H37N. The molecule has 0 bridgehead atoms. The third kappa shape index (κ3) is 3.78. The summed E-state index contributed by atoms with van der Waals surface area (Å²) in [6, 6.07) is 29.2. The predicted molar refractivity (Wildman–Crippen MR) is 152 cm³/mol. The Hall–Kier alpha value is -3.32. The Morgan fingerprint density at radius 3 is 1.97 bits per heavy atom. The summed E-state index contributed by atoms with van der Waals surface area (Å²) in [4.78, 5) is 2.55. The van der Waals surface area contributed by atoms with E-state index in [9.17, 15) is 0 Å². The largest absolute Gasteiger partial charge is 0.336 e. The Bertz CT molecular complexity index is 1420. The number of benzene rings is 4. The van der Waals surface area contributed by atoms with Crippen molar-refractivity contribution in [2.45, 2.75) is 66.3 Å². The number of anilines is 2. The minimum atomic E-state index is -0.0927. The molecule has 5 rings (SSSR count). The maximum absolute atomic E-state index is 2.55. The summed E-state index contributed by atoms with van der Waals surface area (Å²) in [7, 11) is 0. The summed E-state index contributed by atoms with van der Waals surface area (Å²) in [5.41, 5.74) is 14.6. The molecule has 1 heteroatoms. The second kappa shape index (κ2) is 8.12. The summed E-state index contributed by atoms with van der Waals surface area (Å²) >= 11 is 0. The number of hydrogen-bond acceptors (Lipinski definition) is 1. The smallest absolute Gasteiger partial charge is 0.0451 e. The van der Waals surface area contributed by atoms with Crippen molar-refractivity contribution in [2.24, 2.45) is 0 Å². The summed E-state index contributed by atoms with van der Waals surface area (Å²) in [5.74, 6) is 0. The van der Waals surface area contributed by atoms with E-state index in [0.717, 1.165) is 0 Å². The summed E-state index contributed by atoms with van der Waals surface area (Å²) in [6.45, 7) is 18.4. The van der Waals surface area contributed by atoms with Crippen LogP contribution in [0.15, 0.2) is 78.9 Å². The van der Waals surface area contributed by atoms with Gasteiger partial charge in [0.2, 0.25) is 0 Å². The van der Waals surface area contributed by atoms with E-state index in [1.54, 1.807) is 0 Å². The zero-order chi connectivity index (χ0) is 25.1. The van der Waals surface area contributed by atoms with E-state index < -0.39 is 0 Å². The molecular weight excluding hydrogens is 422 g/mol. The van der Waals surface area contributed by atoms with Gasteiger partial charge in [0.25, 0.3) is 0 Å². The van der Waals surface area contributed by atoms with Gasteiger partial charge in [-0.3, -0.25) is 0 Å². The highest BCUT2D eigenvalue weighted by Crippen LogP contribution is 2.52. The van der Waals surface area contributed by atoms with Crippen LogP contribution in [0.3, 0.4) is 0 Å². The SMILES string of the molecule is Cc1ccc(-c2ccccc2)cc1N(c1cc2c(cc1C)-c1c(C)cccc1C2(C)C)C(C)(C)C. The van der Waals surface area contributed by atoms with Crippen LogP contribution in [-0.4, -0.2) is 5.54 Å². The van der Waals surface area contributed by atoms with Crippen molar-refractivity contribution >= 4 is 11.4 Å². The molecule has 1 nitrogen and oxygen atoms in total. The molecule has 35 heavy (non-hydrogen) atoms. The second-order valence-corrected chi connectivity index (χ2v) is 11.7. The third-order valence-electron chi connectivity index (χ3n) is 7.69. The summed E-state index contributed by atoms with van der Waals surface area (Å²) in [6.07, 6.45) is 0. The quantitative estimate of drug-likeness (QED) is 0.295. The van der Waals surface area contributed by atoms with Crippen molar-refractivity contribution in [1.82, 2.24) is 0 Å². The van der Waals surface area contributed by atoms with Crippen LogP contribution in [0.2, 0.25) is 0 Å². The molecule has 4 aromatic carbocycles. The lowest BCUT2D eigenvalue weighted by Crippen LogP contribution is -2.38. The molecule has 0 fully saturated rings. The summed E-state index contributed by atoms with van der Waals surface area (Å²) in [5, 5.41) is 0. The Morgan fingerprint density at radius 1 is 0.600 bits per heavy atom. The first-order chi connectivity index (χ1) is 16.5. The Morgan fingerprint density at radius 2 is 1.29 bits per heavy atom. The van der Waals surface area contributed by atoms with E-state index in [-0.39, 0.29) is 11.0 Å². The molecule has 1 aliphatic rings. The van der Waals surface area contributed by atoms with Crippen LogP contribution >= 0.6 is 0 Å². The molecule has 0 radical (unpaired) electrons. The highest BCUT2D eigenvalue weighted by molar-refractivity contribution is 5.87. The van der Waals surface area contributed by atoms with E-state index in [1.165, 1.54) is 61.4 Å². The van der Waals surface area contributed by atoms with E-state index in [1.807, 2.05) is 0 Å². The molecule has 0 aliphatic heterocycles. The lowest BCUT2D eigenvalue weighted by molar-refractivity contribution is 0.557. The Balaban J connectivity index is 1.73. The highest BCUT2D eigenvalue weighted by atomic mass is 15.2. The van der Waals surface area contributed by atoms with Crippen molar-refractivity contribution in [3.63, 3.8) is 0 Å². The molecule has 0 saturated heterocycles. The fraction of sp³-hybridized carbons (Fsp3) is 0.294. The molecule has 0 spiro atoms. The van der Waals surface area contributed by atoms with E-state index >= 15 is 0 Å². The van der Waals surface area contributed by atoms with Crippen LogP contribution in [0.25, 0.3) is 22.3 Å². The topological polar surface area (TPSA) is 3.24 Å². The van der Waals surface area contributed by atoms with E-state index in [4.69, 9.17) is 0 Å². The molecule has 178 valence electrons. The molecule has 0 saturated carbocycles. The van der Waals surface area contributed by atoms with Crippen LogP contribution in [-0.2, 0) is 5.41 Å². The van der Waals surface area contributed by atoms with Crippen molar-refractivity contribution in [2.75, 3.05) is 4.90 Å². The normalized spacial score (nSPS) is 13.9. The van der Waals surface area contributed by atoms with Gasteiger partial charge in [-0.25, -0.2) is 0 Å². The van der Waals surface area contributed by atoms with Crippen LogP contribution in [0.4, 0.5) is 11.4 Å². The van der Waals surface area contributed by atoms with Gasteiger partial charge in [-0.1, -0.05) is 74.5 Å². The average Bonchev–Trinajstić information content (AvgIpc) is 3.02. The molecule has 0 N–H and O–H groups in total. The second-order valence-electron chi connectivity index (χ2n) is 11.7. The Labute approximate surface area is 211 Å². The number of fused-ring (bicyclic) bond motifs is 3. The molecule has 0 aromatic heterocycles. The van der Waals surface area contributed by atoms with Gasteiger partial charge in [0.15, 0.2) is 0 Å². The van der Waals surface area contributed by atoms with Crippen LogP contribution < -0.4 is 4.90 Å². The summed E-state index contributed by atoms with van der Waals surface area (Å²) < 4.78 is 0. The fourth-order valence-corrected chi connectivity index (χ4v) is 5.87. The fourth-order valence-electron chi connectivity index (χ4n) is 5.87. The maximum atomic E-state index is 2.55. The molecule has 4 aromatic rings. The zero-order valence-corrected chi connectivity index (χ0v) is 22.5. The van der Waals surface area contributed by atoms with Gasteiger partial charge in [-0.05, 0) is 110 Å². The van der Waals surface area contributed by atoms with E-state index in [2.05, 4.69) is 139 Å². The Kier molecular flexibility index (Phi) is 5.44. The van der Waals surface area contributed by atoms with Crippen LogP contribution in [0.1, 0.15) is 62.4 Å². The van der Waals surface area contributed by atoms with E-state index in [0.29, 0.717) is 0 Å². The lowest BCUT2D eigenvalue weighted by atomic mass is 9.81. The zero-order valence-electron chi connectivity index (χ0n) is 22.5. The number of nitrogens with zero attached hydrogens (tertiary/aromatic N) is 1. The molecule has 0 heterocycles. The van der Waals surface area contributed by atoms with Gasteiger partial charge in [0.1, 0.15) is 0 Å². The predicted octanol–water partition coefficient (Wildman–Crippen LogP) is 9.52. The van der Waals surface area contributed by atoms with Crippen LogP contribution in [0, 0.1) is 20.8 Å². The minimum absolute atomic E-state index is 0.0242. The first kappa shape index (κ1) is 23.4. The van der Waals surface area contributed by atoms with Crippen molar-refractivity contribution in [3.05, 3.63) is 107 Å². The average molecular weight is 460 g/mol. The van der Waals surface area contributed by atoms with Gasteiger partial charge in [0, 0.05) is 22.3 Å². The van der Waals surface area contributed by atoms with Crippen LogP contribution in [0.5, 0.6) is 0 Å². The van der Waals surface area contributed by atoms with Crippen molar-refractivity contribution in [3.8, 4) is 22.3 Å². The number of aryl methyl sites for hydroxylation is 3. The molecule has 0 unspecified atom stereocenters. The molecule has 0 amide bonds. The third-order valence-corrected chi connectivity index (χ3v) is 7.69. The minimum Gasteiger partial charge on any atom is -0.336 e. The van der Waals surface area contributed by atoms with Crippen molar-refractivity contribution in [1.29, 1.82) is 0 Å². The number of hydrogen-bond donors (Lipinski definition) is 0. The van der Waals surface area contributed by atoms with Gasteiger partial charge < -0.3 is 4.90 Å². The van der Waals surface area contributed by atoms with Gasteiger partial charge in [-0.15, -0.1) is 0 Å². The monoisotopic (exact) mass is 459 g/mol. The molecule has 0 atom stereocenters.